The molecule has 0 amide bonds. The minimum absolute atomic E-state index is 0.0158. The summed E-state index contributed by atoms with van der Waals surface area (Å²) < 4.78 is 59.9. The van der Waals surface area contributed by atoms with E-state index in [9.17, 15) is 17.6 Å². The maximum atomic E-state index is 14.0. The number of pyridine rings is 1. The van der Waals surface area contributed by atoms with Crippen molar-refractivity contribution in [2.45, 2.75) is 38.8 Å². The number of rotatable bonds is 5. The minimum atomic E-state index is -4.51. The van der Waals surface area contributed by atoms with Crippen molar-refractivity contribution >= 4 is 17.3 Å². The van der Waals surface area contributed by atoms with E-state index in [1.54, 1.807) is 11.8 Å². The zero-order chi connectivity index (χ0) is 21.0. The number of nitrogens with zero attached hydrogens (tertiary/aromatic N) is 2. The lowest BCUT2D eigenvalue weighted by molar-refractivity contribution is -0.137. The van der Waals surface area contributed by atoms with Gasteiger partial charge >= 0.3 is 6.18 Å². The summed E-state index contributed by atoms with van der Waals surface area (Å²) >= 11 is 5.82. The van der Waals surface area contributed by atoms with Gasteiger partial charge in [-0.3, -0.25) is 0 Å². The van der Waals surface area contributed by atoms with Gasteiger partial charge in [-0.2, -0.15) is 13.2 Å². The monoisotopic (exact) mass is 428 g/mol. The van der Waals surface area contributed by atoms with Crippen LogP contribution in [0.25, 0.3) is 0 Å². The molecule has 156 valence electrons. The van der Waals surface area contributed by atoms with Gasteiger partial charge in [0.1, 0.15) is 16.7 Å². The predicted molar refractivity (Wildman–Crippen MR) is 103 cm³/mol. The molecule has 1 saturated heterocycles. The first-order valence-corrected chi connectivity index (χ1v) is 9.84. The van der Waals surface area contributed by atoms with Crippen molar-refractivity contribution in [3.63, 3.8) is 0 Å². The van der Waals surface area contributed by atoms with Gasteiger partial charge in [-0.05, 0) is 48.9 Å². The average molecular weight is 429 g/mol. The van der Waals surface area contributed by atoms with Gasteiger partial charge in [-0.15, -0.1) is 0 Å². The maximum Gasteiger partial charge on any atom is 0.419 e. The Kier molecular flexibility index (Phi) is 4.92. The van der Waals surface area contributed by atoms with Gasteiger partial charge in [0.05, 0.1) is 17.9 Å². The Hall–Kier alpha value is -2.02. The summed E-state index contributed by atoms with van der Waals surface area (Å²) in [4.78, 5) is 5.19. The number of anilines is 1. The molecule has 8 heteroatoms. The molecule has 0 bridgehead atoms. The van der Waals surface area contributed by atoms with Crippen LogP contribution >= 0.6 is 11.6 Å². The van der Waals surface area contributed by atoms with Crippen LogP contribution in [0.1, 0.15) is 42.4 Å². The van der Waals surface area contributed by atoms with E-state index in [4.69, 9.17) is 16.3 Å². The minimum Gasteiger partial charge on any atom is -0.492 e. The van der Waals surface area contributed by atoms with E-state index in [0.717, 1.165) is 24.6 Å². The lowest BCUT2D eigenvalue weighted by atomic mass is 9.82. The van der Waals surface area contributed by atoms with Gasteiger partial charge in [0, 0.05) is 30.8 Å². The Balaban J connectivity index is 1.47. The highest BCUT2D eigenvalue weighted by Gasteiger charge is 2.44. The second-order valence-corrected chi connectivity index (χ2v) is 8.78. The second-order valence-electron chi connectivity index (χ2n) is 8.39. The van der Waals surface area contributed by atoms with Gasteiger partial charge in [0.25, 0.3) is 0 Å². The van der Waals surface area contributed by atoms with Crippen molar-refractivity contribution in [3.8, 4) is 5.75 Å². The summed E-state index contributed by atoms with van der Waals surface area (Å²) in [6, 6.07) is 4.50. The highest BCUT2D eigenvalue weighted by molar-refractivity contribution is 6.29. The largest absolute Gasteiger partial charge is 0.492 e. The molecule has 4 rings (SSSR count). The first-order chi connectivity index (χ1) is 13.6. The van der Waals surface area contributed by atoms with Gasteiger partial charge in [-0.1, -0.05) is 18.5 Å². The van der Waals surface area contributed by atoms with Crippen LogP contribution in [0.2, 0.25) is 5.15 Å². The molecule has 0 unspecified atom stereocenters. The molecule has 1 aromatic heterocycles. The summed E-state index contributed by atoms with van der Waals surface area (Å²) in [5.41, 5.74) is 0.482. The molecular weight excluding hydrogens is 408 g/mol. The van der Waals surface area contributed by atoms with Gasteiger partial charge < -0.3 is 9.64 Å². The number of hydrogen-bond acceptors (Lipinski definition) is 3. The third-order valence-corrected chi connectivity index (χ3v) is 5.73. The molecule has 0 radical (unpaired) electrons. The molecule has 1 aliphatic heterocycles. The van der Waals surface area contributed by atoms with Crippen molar-refractivity contribution in [1.29, 1.82) is 0 Å². The van der Waals surface area contributed by atoms with Crippen LogP contribution in [0.4, 0.5) is 23.2 Å². The van der Waals surface area contributed by atoms with Gasteiger partial charge in [0.15, 0.2) is 0 Å². The fourth-order valence-corrected chi connectivity index (χ4v) is 3.97. The molecule has 2 aliphatic rings. The summed E-state index contributed by atoms with van der Waals surface area (Å²) in [6.45, 7) is 4.73. The van der Waals surface area contributed by atoms with E-state index in [1.165, 1.54) is 12.1 Å². The Morgan fingerprint density at radius 3 is 2.55 bits per heavy atom. The Morgan fingerprint density at radius 2 is 1.93 bits per heavy atom. The molecule has 0 spiro atoms. The fraction of sp³-hybridized carbons (Fsp3) is 0.476. The topological polar surface area (TPSA) is 25.4 Å². The number of aryl methyl sites for hydroxylation is 1. The zero-order valence-electron chi connectivity index (χ0n) is 16.1. The van der Waals surface area contributed by atoms with Crippen molar-refractivity contribution in [2.24, 2.45) is 5.41 Å². The quantitative estimate of drug-likeness (QED) is 0.432. The summed E-state index contributed by atoms with van der Waals surface area (Å²) in [5, 5.41) is 0.0158. The smallest absolute Gasteiger partial charge is 0.419 e. The van der Waals surface area contributed by atoms with E-state index in [-0.39, 0.29) is 22.1 Å². The number of benzene rings is 1. The normalized spacial score (nSPS) is 18.5. The van der Waals surface area contributed by atoms with Crippen molar-refractivity contribution in [2.75, 3.05) is 24.6 Å². The molecular formula is C21H21ClF4N2O. The number of halogens is 5. The molecule has 2 heterocycles. The van der Waals surface area contributed by atoms with E-state index >= 15 is 0 Å². The highest BCUT2D eigenvalue weighted by atomic mass is 35.5. The Labute approximate surface area is 171 Å². The summed E-state index contributed by atoms with van der Waals surface area (Å²) in [7, 11) is 0. The standard InChI is InChI=1S/C21H21ClF4N2O/c1-12-5-14(13-3-4-13)18(6-16(12)23)29-11-20(2)9-28(10-20)17-7-19(22)27-8-15(17)21(24,25)26/h5-8,13H,3-4,9-11H2,1-2H3. The van der Waals surface area contributed by atoms with Gasteiger partial charge in [-0.25, -0.2) is 9.37 Å². The number of hydrogen-bond donors (Lipinski definition) is 0. The van der Waals surface area contributed by atoms with E-state index < -0.39 is 11.7 Å². The summed E-state index contributed by atoms with van der Waals surface area (Å²) in [5.74, 6) is 0.632. The fourth-order valence-electron chi connectivity index (χ4n) is 3.81. The third-order valence-electron chi connectivity index (χ3n) is 5.52. The lowest BCUT2D eigenvalue weighted by Crippen LogP contribution is -2.58. The number of ether oxygens (including phenoxy) is 1. The number of alkyl halides is 3. The van der Waals surface area contributed by atoms with Gasteiger partial charge in [0.2, 0.25) is 0 Å². The second kappa shape index (κ2) is 7.04. The molecule has 1 aliphatic carbocycles. The Bertz CT molecular complexity index is 937. The van der Waals surface area contributed by atoms with Crippen LogP contribution in [0, 0.1) is 18.2 Å². The van der Waals surface area contributed by atoms with Crippen LogP contribution in [0.3, 0.4) is 0 Å². The first-order valence-electron chi connectivity index (χ1n) is 9.46. The van der Waals surface area contributed by atoms with Crippen molar-refractivity contribution in [3.05, 3.63) is 52.1 Å². The molecule has 2 aromatic rings. The van der Waals surface area contributed by atoms with Crippen molar-refractivity contribution < 1.29 is 22.3 Å². The summed E-state index contributed by atoms with van der Waals surface area (Å²) in [6.07, 6.45) is -1.61. The van der Waals surface area contributed by atoms with E-state index in [0.29, 0.717) is 36.9 Å². The van der Waals surface area contributed by atoms with E-state index in [1.807, 2.05) is 13.0 Å². The van der Waals surface area contributed by atoms with Crippen LogP contribution < -0.4 is 9.64 Å². The SMILES string of the molecule is Cc1cc(C2CC2)c(OCC2(C)CN(c3cc(Cl)ncc3C(F)(F)F)C2)cc1F. The maximum absolute atomic E-state index is 14.0. The first kappa shape index (κ1) is 20.3. The molecule has 29 heavy (non-hydrogen) atoms. The average Bonchev–Trinajstić information content (AvgIpc) is 3.44. The molecule has 1 saturated carbocycles. The van der Waals surface area contributed by atoms with Crippen LogP contribution in [0.5, 0.6) is 5.75 Å². The highest BCUT2D eigenvalue weighted by Crippen LogP contribution is 2.46. The molecule has 3 nitrogen and oxygen atoms in total. The zero-order valence-corrected chi connectivity index (χ0v) is 16.9. The molecule has 2 fully saturated rings. The third kappa shape index (κ3) is 4.15. The van der Waals surface area contributed by atoms with Crippen LogP contribution in [0.15, 0.2) is 24.4 Å². The lowest BCUT2D eigenvalue weighted by Gasteiger charge is -2.49. The van der Waals surface area contributed by atoms with E-state index in [2.05, 4.69) is 4.98 Å². The van der Waals surface area contributed by atoms with Crippen molar-refractivity contribution in [1.82, 2.24) is 4.98 Å². The Morgan fingerprint density at radius 1 is 1.24 bits per heavy atom. The predicted octanol–water partition coefficient (Wildman–Crippen LogP) is 5.98. The molecule has 1 aromatic carbocycles. The van der Waals surface area contributed by atoms with Crippen LogP contribution in [-0.4, -0.2) is 24.7 Å². The number of aromatic nitrogens is 1. The molecule has 0 atom stereocenters. The molecule has 0 N–H and O–H groups in total. The van der Waals surface area contributed by atoms with Crippen LogP contribution in [-0.2, 0) is 6.18 Å².